The molecular formula is C15H20N2. The van der Waals surface area contributed by atoms with Gasteiger partial charge in [-0.05, 0) is 31.0 Å². The maximum absolute atomic E-state index is 3.53. The second-order valence-corrected chi connectivity index (χ2v) is 4.70. The van der Waals surface area contributed by atoms with E-state index in [1.165, 1.54) is 16.7 Å². The number of rotatable bonds is 4. The first-order valence-electron chi connectivity index (χ1n) is 6.06. The second-order valence-electron chi connectivity index (χ2n) is 4.70. The van der Waals surface area contributed by atoms with E-state index in [4.69, 9.17) is 0 Å². The normalized spacial score (nSPS) is 12.6. The lowest BCUT2D eigenvalue weighted by molar-refractivity contribution is 0.574. The minimum atomic E-state index is 0.385. The average Bonchev–Trinajstić information content (AvgIpc) is 2.73. The van der Waals surface area contributed by atoms with Crippen LogP contribution in [0.5, 0.6) is 0 Å². The van der Waals surface area contributed by atoms with Gasteiger partial charge in [-0.1, -0.05) is 29.8 Å². The third-order valence-electron chi connectivity index (χ3n) is 3.08. The van der Waals surface area contributed by atoms with Gasteiger partial charge in [0.05, 0.1) is 0 Å². The van der Waals surface area contributed by atoms with Gasteiger partial charge < -0.3 is 9.88 Å². The third kappa shape index (κ3) is 3.21. The summed E-state index contributed by atoms with van der Waals surface area (Å²) in [6.45, 7) is 5.23. The van der Waals surface area contributed by atoms with Crippen LogP contribution in [0.2, 0.25) is 0 Å². The van der Waals surface area contributed by atoms with Gasteiger partial charge >= 0.3 is 0 Å². The van der Waals surface area contributed by atoms with Crippen molar-refractivity contribution in [3.05, 3.63) is 59.4 Å². The fraction of sp³-hybridized carbons (Fsp3) is 0.333. The van der Waals surface area contributed by atoms with Crippen molar-refractivity contribution in [2.75, 3.05) is 0 Å². The predicted molar refractivity (Wildman–Crippen MR) is 71.8 cm³/mol. The molecule has 1 aromatic heterocycles. The monoisotopic (exact) mass is 228 g/mol. The average molecular weight is 228 g/mol. The van der Waals surface area contributed by atoms with Crippen LogP contribution in [-0.4, -0.2) is 4.57 Å². The van der Waals surface area contributed by atoms with E-state index < -0.39 is 0 Å². The van der Waals surface area contributed by atoms with Gasteiger partial charge in [-0.3, -0.25) is 0 Å². The van der Waals surface area contributed by atoms with Gasteiger partial charge in [-0.2, -0.15) is 0 Å². The molecule has 0 unspecified atom stereocenters. The first-order valence-corrected chi connectivity index (χ1v) is 6.06. The molecule has 0 saturated heterocycles. The Morgan fingerprint density at radius 1 is 1.18 bits per heavy atom. The molecule has 1 aromatic carbocycles. The summed E-state index contributed by atoms with van der Waals surface area (Å²) in [5.74, 6) is 0. The lowest BCUT2D eigenvalue weighted by Crippen LogP contribution is -2.17. The summed E-state index contributed by atoms with van der Waals surface area (Å²) in [6, 6.07) is 11.2. The highest BCUT2D eigenvalue weighted by Crippen LogP contribution is 2.13. The highest BCUT2D eigenvalue weighted by Gasteiger charge is 2.04. The molecule has 0 aliphatic carbocycles. The molecule has 0 fully saturated rings. The molecule has 1 atom stereocenters. The van der Waals surface area contributed by atoms with Crippen molar-refractivity contribution >= 4 is 0 Å². The number of hydrogen-bond acceptors (Lipinski definition) is 1. The minimum absolute atomic E-state index is 0.385. The van der Waals surface area contributed by atoms with E-state index in [-0.39, 0.29) is 0 Å². The highest BCUT2D eigenvalue weighted by molar-refractivity contribution is 5.23. The molecule has 0 aliphatic rings. The molecule has 0 amide bonds. The third-order valence-corrected chi connectivity index (χ3v) is 3.08. The van der Waals surface area contributed by atoms with Crippen molar-refractivity contribution in [3.8, 4) is 0 Å². The van der Waals surface area contributed by atoms with Crippen molar-refractivity contribution in [1.82, 2.24) is 9.88 Å². The van der Waals surface area contributed by atoms with Crippen molar-refractivity contribution in [2.24, 2.45) is 7.05 Å². The first kappa shape index (κ1) is 11.9. The number of hydrogen-bond donors (Lipinski definition) is 1. The SMILES string of the molecule is Cc1ccc([C@@H](C)NCc2ccn(C)c2)cc1. The lowest BCUT2D eigenvalue weighted by atomic mass is 10.1. The van der Waals surface area contributed by atoms with Crippen LogP contribution in [0.1, 0.15) is 29.7 Å². The molecule has 1 heterocycles. The summed E-state index contributed by atoms with van der Waals surface area (Å²) in [6.07, 6.45) is 4.22. The summed E-state index contributed by atoms with van der Waals surface area (Å²) in [5, 5.41) is 3.53. The lowest BCUT2D eigenvalue weighted by Gasteiger charge is -2.13. The van der Waals surface area contributed by atoms with E-state index >= 15 is 0 Å². The number of aryl methyl sites for hydroxylation is 2. The smallest absolute Gasteiger partial charge is 0.0294 e. The molecule has 0 aliphatic heterocycles. The van der Waals surface area contributed by atoms with E-state index in [0.29, 0.717) is 6.04 Å². The fourth-order valence-electron chi connectivity index (χ4n) is 1.91. The van der Waals surface area contributed by atoms with Crippen LogP contribution in [0.3, 0.4) is 0 Å². The van der Waals surface area contributed by atoms with E-state index in [1.54, 1.807) is 0 Å². The Morgan fingerprint density at radius 2 is 1.88 bits per heavy atom. The largest absolute Gasteiger partial charge is 0.357 e. The Kier molecular flexibility index (Phi) is 3.64. The van der Waals surface area contributed by atoms with Gasteiger partial charge in [-0.25, -0.2) is 0 Å². The molecule has 0 radical (unpaired) electrons. The zero-order valence-corrected chi connectivity index (χ0v) is 10.8. The molecule has 2 nitrogen and oxygen atoms in total. The van der Waals surface area contributed by atoms with E-state index in [2.05, 4.69) is 66.5 Å². The van der Waals surface area contributed by atoms with Gasteiger partial charge in [0, 0.05) is 32.0 Å². The summed E-state index contributed by atoms with van der Waals surface area (Å²) >= 11 is 0. The molecule has 90 valence electrons. The summed E-state index contributed by atoms with van der Waals surface area (Å²) in [5.41, 5.74) is 3.97. The number of nitrogens with one attached hydrogen (secondary N) is 1. The molecule has 2 rings (SSSR count). The molecule has 2 aromatic rings. The first-order chi connectivity index (χ1) is 8.15. The summed E-state index contributed by atoms with van der Waals surface area (Å²) in [7, 11) is 2.05. The van der Waals surface area contributed by atoms with Crippen molar-refractivity contribution in [3.63, 3.8) is 0 Å². The Balaban J connectivity index is 1.93. The molecule has 0 spiro atoms. The molecule has 1 N–H and O–H groups in total. The topological polar surface area (TPSA) is 17.0 Å². The van der Waals surface area contributed by atoms with Crippen LogP contribution in [0.15, 0.2) is 42.7 Å². The molecule has 0 saturated carbocycles. The van der Waals surface area contributed by atoms with Gasteiger partial charge in [0.1, 0.15) is 0 Å². The zero-order chi connectivity index (χ0) is 12.3. The summed E-state index contributed by atoms with van der Waals surface area (Å²) in [4.78, 5) is 0. The minimum Gasteiger partial charge on any atom is -0.357 e. The number of nitrogens with zero attached hydrogens (tertiary/aromatic N) is 1. The molecule has 17 heavy (non-hydrogen) atoms. The Labute approximate surface area is 103 Å². The van der Waals surface area contributed by atoms with Crippen LogP contribution >= 0.6 is 0 Å². The van der Waals surface area contributed by atoms with Gasteiger partial charge in [0.25, 0.3) is 0 Å². The van der Waals surface area contributed by atoms with Gasteiger partial charge in [0.2, 0.25) is 0 Å². The van der Waals surface area contributed by atoms with Crippen molar-refractivity contribution in [1.29, 1.82) is 0 Å². The molecule has 0 bridgehead atoms. The van der Waals surface area contributed by atoms with Gasteiger partial charge in [0.15, 0.2) is 0 Å². The fourth-order valence-corrected chi connectivity index (χ4v) is 1.91. The van der Waals surface area contributed by atoms with E-state index in [9.17, 15) is 0 Å². The van der Waals surface area contributed by atoms with E-state index in [0.717, 1.165) is 6.54 Å². The Bertz CT molecular complexity index is 468. The van der Waals surface area contributed by atoms with E-state index in [1.807, 2.05) is 7.05 Å². The van der Waals surface area contributed by atoms with Crippen LogP contribution in [0.4, 0.5) is 0 Å². The number of benzene rings is 1. The van der Waals surface area contributed by atoms with Crippen molar-refractivity contribution in [2.45, 2.75) is 26.4 Å². The highest BCUT2D eigenvalue weighted by atomic mass is 14.9. The van der Waals surface area contributed by atoms with Crippen LogP contribution in [-0.2, 0) is 13.6 Å². The van der Waals surface area contributed by atoms with Crippen LogP contribution in [0, 0.1) is 6.92 Å². The maximum Gasteiger partial charge on any atom is 0.0294 e. The number of aromatic nitrogens is 1. The van der Waals surface area contributed by atoms with Gasteiger partial charge in [-0.15, -0.1) is 0 Å². The van der Waals surface area contributed by atoms with Crippen LogP contribution < -0.4 is 5.32 Å². The predicted octanol–water partition coefficient (Wildman–Crippen LogP) is 3.18. The quantitative estimate of drug-likeness (QED) is 0.850. The second kappa shape index (κ2) is 5.19. The van der Waals surface area contributed by atoms with Crippen LogP contribution in [0.25, 0.3) is 0 Å². The standard InChI is InChI=1S/C15H20N2/c1-12-4-6-15(7-5-12)13(2)16-10-14-8-9-17(3)11-14/h4-9,11,13,16H,10H2,1-3H3/t13-/m1/s1. The Hall–Kier alpha value is -1.54. The zero-order valence-electron chi connectivity index (χ0n) is 10.8. The van der Waals surface area contributed by atoms with Crippen molar-refractivity contribution < 1.29 is 0 Å². The molecule has 2 heteroatoms. The molecular weight excluding hydrogens is 208 g/mol. The maximum atomic E-state index is 3.53. The Morgan fingerprint density at radius 3 is 2.47 bits per heavy atom. The summed E-state index contributed by atoms with van der Waals surface area (Å²) < 4.78 is 2.08.